The standard InChI is InChI=1S/C30H42NO7P/c1-18-19-7-8-22-28(4,20(19)15-21(32)24(18)38-39(34,35)36)12-14-30(6)23-16-26(2,17-37-25(31)33)9-10-27(23,3)11-13-29(22,30)5/h7-8,15,23H,9-14,16-17H2,1-6H3,(H2,31,33)(H2,34,35,36)/t23-,26-,27-,28+,29-,30+/m1/s1. The van der Waals surface area contributed by atoms with Gasteiger partial charge >= 0.3 is 13.9 Å². The van der Waals surface area contributed by atoms with Crippen molar-refractivity contribution in [1.82, 2.24) is 0 Å². The molecule has 1 amide bonds. The Kier molecular flexibility index (Phi) is 6.31. The summed E-state index contributed by atoms with van der Waals surface area (Å²) in [5.41, 5.74) is 8.46. The van der Waals surface area contributed by atoms with Crippen molar-refractivity contribution in [3.05, 3.63) is 46.3 Å². The molecule has 0 heterocycles. The minimum Gasteiger partial charge on any atom is -0.449 e. The molecular weight excluding hydrogens is 517 g/mol. The highest BCUT2D eigenvalue weighted by Crippen LogP contribution is 2.75. The second-order valence-corrected chi connectivity index (χ2v) is 15.2. The van der Waals surface area contributed by atoms with Crippen LogP contribution in [0, 0.1) is 33.0 Å². The third-order valence-electron chi connectivity index (χ3n) is 11.7. The van der Waals surface area contributed by atoms with Gasteiger partial charge in [0.25, 0.3) is 0 Å². The van der Waals surface area contributed by atoms with Crippen molar-refractivity contribution in [2.45, 2.75) is 86.5 Å². The topological polar surface area (TPSA) is 136 Å². The Labute approximate surface area is 231 Å². The molecule has 39 heavy (non-hydrogen) atoms. The van der Waals surface area contributed by atoms with E-state index in [1.165, 1.54) is 11.6 Å². The summed E-state index contributed by atoms with van der Waals surface area (Å²) in [5.74, 6) is -0.349. The highest BCUT2D eigenvalue weighted by Gasteiger charge is 2.66. The van der Waals surface area contributed by atoms with Crippen LogP contribution in [0.15, 0.2) is 46.3 Å². The van der Waals surface area contributed by atoms with E-state index in [-0.39, 0.29) is 32.8 Å². The van der Waals surface area contributed by atoms with Gasteiger partial charge in [-0.15, -0.1) is 0 Å². The first kappa shape index (κ1) is 28.4. The molecule has 3 fully saturated rings. The molecule has 6 atom stereocenters. The van der Waals surface area contributed by atoms with Crippen LogP contribution < -0.4 is 5.73 Å². The SMILES string of the molecule is CC1=C(OP(=O)(O)O)C(=O)C=C2C1=CC=C1[C@@]2(C)CC[C@@]2(C)[C@@H]3C[C@](C)(COC(N)=O)CC[C@]3(C)CC[C@]12C. The maximum absolute atomic E-state index is 13.1. The van der Waals surface area contributed by atoms with Gasteiger partial charge in [-0.25, -0.2) is 9.36 Å². The third-order valence-corrected chi connectivity index (χ3v) is 12.1. The Balaban J connectivity index is 1.56. The average molecular weight is 560 g/mol. The Morgan fingerprint density at radius 3 is 2.36 bits per heavy atom. The maximum Gasteiger partial charge on any atom is 0.524 e. The smallest absolute Gasteiger partial charge is 0.449 e. The molecule has 4 N–H and O–H groups in total. The summed E-state index contributed by atoms with van der Waals surface area (Å²) in [7, 11) is -4.87. The summed E-state index contributed by atoms with van der Waals surface area (Å²) in [6.45, 7) is 13.8. The van der Waals surface area contributed by atoms with E-state index in [2.05, 4.69) is 40.7 Å². The minimum atomic E-state index is -4.87. The predicted molar refractivity (Wildman–Crippen MR) is 147 cm³/mol. The molecule has 0 aromatic heterocycles. The van der Waals surface area contributed by atoms with E-state index in [9.17, 15) is 23.9 Å². The van der Waals surface area contributed by atoms with Crippen LogP contribution in [0.3, 0.4) is 0 Å². The molecule has 8 nitrogen and oxygen atoms in total. The van der Waals surface area contributed by atoms with Gasteiger partial charge in [-0.3, -0.25) is 14.6 Å². The first-order valence-corrected chi connectivity index (χ1v) is 15.5. The highest BCUT2D eigenvalue weighted by molar-refractivity contribution is 7.46. The van der Waals surface area contributed by atoms with E-state index in [0.717, 1.165) is 56.1 Å². The summed E-state index contributed by atoms with van der Waals surface area (Å²) in [4.78, 5) is 43.2. The van der Waals surface area contributed by atoms with E-state index in [1.807, 2.05) is 6.08 Å². The molecule has 5 rings (SSSR count). The van der Waals surface area contributed by atoms with Crippen molar-refractivity contribution >= 4 is 19.7 Å². The van der Waals surface area contributed by atoms with Crippen molar-refractivity contribution in [1.29, 1.82) is 0 Å². The third kappa shape index (κ3) is 4.20. The summed E-state index contributed by atoms with van der Waals surface area (Å²) in [6, 6.07) is 0. The number of carbonyl (C=O) groups is 2. The average Bonchev–Trinajstić information content (AvgIpc) is 2.83. The zero-order valence-electron chi connectivity index (χ0n) is 23.9. The summed E-state index contributed by atoms with van der Waals surface area (Å²) >= 11 is 0. The van der Waals surface area contributed by atoms with Gasteiger partial charge in [0.15, 0.2) is 5.76 Å². The van der Waals surface area contributed by atoms with Crippen molar-refractivity contribution in [3.8, 4) is 0 Å². The van der Waals surface area contributed by atoms with E-state index < -0.39 is 19.7 Å². The number of phosphoric acid groups is 1. The van der Waals surface area contributed by atoms with Gasteiger partial charge in [-0.1, -0.05) is 52.3 Å². The molecule has 214 valence electrons. The number of nitrogens with two attached hydrogens (primary N) is 1. The van der Waals surface area contributed by atoms with Crippen LogP contribution in [0.1, 0.15) is 86.5 Å². The first-order valence-electron chi connectivity index (χ1n) is 14.0. The molecule has 9 heteroatoms. The largest absolute Gasteiger partial charge is 0.524 e. The number of amides is 1. The molecule has 3 saturated carbocycles. The lowest BCUT2D eigenvalue weighted by molar-refractivity contribution is -0.165. The minimum absolute atomic E-state index is 0.00387. The van der Waals surface area contributed by atoms with Gasteiger partial charge in [-0.2, -0.15) is 0 Å². The lowest BCUT2D eigenvalue weighted by atomic mass is 9.34. The van der Waals surface area contributed by atoms with Gasteiger partial charge in [0.2, 0.25) is 5.78 Å². The Morgan fingerprint density at radius 1 is 1.05 bits per heavy atom. The Morgan fingerprint density at radius 2 is 1.72 bits per heavy atom. The van der Waals surface area contributed by atoms with Crippen molar-refractivity contribution in [2.24, 2.45) is 38.7 Å². The number of ketones is 1. The number of ether oxygens (including phenoxy) is 1. The number of allylic oxidation sites excluding steroid dienone is 7. The van der Waals surface area contributed by atoms with Gasteiger partial charge in [-0.05, 0) is 91.3 Å². The molecule has 5 aliphatic carbocycles. The second-order valence-electron chi connectivity index (χ2n) is 14.0. The van der Waals surface area contributed by atoms with Crippen LogP contribution in [-0.2, 0) is 18.6 Å². The van der Waals surface area contributed by atoms with Gasteiger partial charge < -0.3 is 15.0 Å². The normalized spacial score (nSPS) is 41.7. The predicted octanol–water partition coefficient (Wildman–Crippen LogP) is 6.26. The second kappa shape index (κ2) is 8.67. The molecule has 0 spiro atoms. The number of hydrogen-bond acceptors (Lipinski definition) is 5. The Bertz CT molecular complexity index is 1320. The molecule has 0 aliphatic heterocycles. The number of rotatable bonds is 4. The maximum atomic E-state index is 13.1. The molecule has 0 bridgehead atoms. The number of primary amides is 1. The van der Waals surface area contributed by atoms with Crippen molar-refractivity contribution in [3.63, 3.8) is 0 Å². The fraction of sp³-hybridized carbons (Fsp3) is 0.667. The lowest BCUT2D eigenvalue weighted by Gasteiger charge is -2.70. The van der Waals surface area contributed by atoms with Crippen LogP contribution >= 0.6 is 7.82 Å². The summed E-state index contributed by atoms with van der Waals surface area (Å²) in [6.07, 6.45) is 12.1. The molecular formula is C30H42NO7P. The molecule has 0 radical (unpaired) electrons. The van der Waals surface area contributed by atoms with Crippen LogP contribution in [0.2, 0.25) is 0 Å². The Hall–Kier alpha value is -2.15. The molecule has 0 aromatic carbocycles. The summed E-state index contributed by atoms with van der Waals surface area (Å²) < 4.78 is 21.7. The van der Waals surface area contributed by atoms with Gasteiger partial charge in [0.05, 0.1) is 6.61 Å². The van der Waals surface area contributed by atoms with E-state index in [0.29, 0.717) is 18.1 Å². The number of carbonyl (C=O) groups excluding carboxylic acids is 2. The summed E-state index contributed by atoms with van der Waals surface area (Å²) in [5, 5.41) is 0. The number of phosphoric ester groups is 1. The molecule has 0 aromatic rings. The van der Waals surface area contributed by atoms with Gasteiger partial charge in [0.1, 0.15) is 0 Å². The quantitative estimate of drug-likeness (QED) is 0.346. The van der Waals surface area contributed by atoms with Crippen molar-refractivity contribution in [2.75, 3.05) is 6.61 Å². The van der Waals surface area contributed by atoms with Crippen molar-refractivity contribution < 1.29 is 33.2 Å². The first-order chi connectivity index (χ1) is 17.9. The fourth-order valence-corrected chi connectivity index (χ4v) is 9.59. The zero-order chi connectivity index (χ0) is 28.8. The number of fused-ring (bicyclic) bond motifs is 7. The monoisotopic (exact) mass is 559 g/mol. The fourth-order valence-electron chi connectivity index (χ4n) is 9.13. The molecule has 0 unspecified atom stereocenters. The van der Waals surface area contributed by atoms with E-state index >= 15 is 0 Å². The van der Waals surface area contributed by atoms with E-state index in [1.54, 1.807) is 6.92 Å². The molecule has 5 aliphatic rings. The molecule has 0 saturated heterocycles. The van der Waals surface area contributed by atoms with Crippen LogP contribution in [0.25, 0.3) is 0 Å². The number of hydrogen-bond donors (Lipinski definition) is 3. The lowest BCUT2D eigenvalue weighted by Crippen LogP contribution is -2.62. The van der Waals surface area contributed by atoms with Crippen LogP contribution in [0.4, 0.5) is 4.79 Å². The highest BCUT2D eigenvalue weighted by atomic mass is 31.2. The van der Waals surface area contributed by atoms with E-state index in [4.69, 9.17) is 15.0 Å². The zero-order valence-corrected chi connectivity index (χ0v) is 24.8. The van der Waals surface area contributed by atoms with Crippen LogP contribution in [0.5, 0.6) is 0 Å². The van der Waals surface area contributed by atoms with Crippen LogP contribution in [-0.4, -0.2) is 28.3 Å². The van der Waals surface area contributed by atoms with Gasteiger partial charge in [0, 0.05) is 16.4 Å².